The molecule has 7 heteroatoms. The van der Waals surface area contributed by atoms with Gasteiger partial charge in [-0.15, -0.1) is 34.3 Å². The molecule has 0 atom stereocenters. The van der Waals surface area contributed by atoms with Crippen LogP contribution in [0.1, 0.15) is 10.4 Å². The summed E-state index contributed by atoms with van der Waals surface area (Å²) >= 11 is 8.44. The molecule has 0 spiro atoms. The number of rotatable bonds is 5. The molecule has 2 heterocycles. The van der Waals surface area contributed by atoms with Crippen molar-refractivity contribution in [2.75, 3.05) is 7.05 Å². The van der Waals surface area contributed by atoms with Crippen LogP contribution in [0, 0.1) is 0 Å². The van der Waals surface area contributed by atoms with Crippen LogP contribution < -0.4 is 0 Å². The fourth-order valence-corrected chi connectivity index (χ4v) is 5.07. The third-order valence-corrected chi connectivity index (χ3v) is 6.84. The minimum absolute atomic E-state index is 0.334. The lowest BCUT2D eigenvalue weighted by Gasteiger charge is -2.14. The van der Waals surface area contributed by atoms with Gasteiger partial charge in [0, 0.05) is 24.3 Å². The first-order valence-corrected chi connectivity index (χ1v) is 8.89. The second kappa shape index (κ2) is 5.71. The second-order valence-corrected chi connectivity index (χ2v) is 8.23. The maximum absolute atomic E-state index is 12.3. The maximum Gasteiger partial charge on any atom is 0.252 e. The molecule has 98 valence electrons. The summed E-state index contributed by atoms with van der Waals surface area (Å²) in [7, 11) is -1.81. The zero-order valence-electron chi connectivity index (χ0n) is 9.67. The molecule has 0 radical (unpaired) electrons. The van der Waals surface area contributed by atoms with E-state index in [2.05, 4.69) is 0 Å². The van der Waals surface area contributed by atoms with Crippen LogP contribution in [-0.4, -0.2) is 19.8 Å². The molecule has 0 bridgehead atoms. The van der Waals surface area contributed by atoms with Crippen LogP contribution in [-0.2, 0) is 22.4 Å². The number of nitrogens with zero attached hydrogens (tertiary/aromatic N) is 1. The van der Waals surface area contributed by atoms with Crippen LogP contribution >= 0.6 is 34.3 Å². The minimum atomic E-state index is -3.40. The fraction of sp³-hybridized carbons (Fsp3) is 0.273. The van der Waals surface area contributed by atoms with Crippen LogP contribution in [0.25, 0.3) is 0 Å². The number of alkyl halides is 1. The van der Waals surface area contributed by atoms with Crippen molar-refractivity contribution in [1.82, 2.24) is 4.31 Å². The van der Waals surface area contributed by atoms with E-state index in [0.29, 0.717) is 16.6 Å². The first-order chi connectivity index (χ1) is 8.54. The number of hydrogen-bond acceptors (Lipinski definition) is 4. The van der Waals surface area contributed by atoms with Crippen molar-refractivity contribution >= 4 is 44.3 Å². The van der Waals surface area contributed by atoms with Crippen molar-refractivity contribution in [1.29, 1.82) is 0 Å². The summed E-state index contributed by atoms with van der Waals surface area (Å²) in [4.78, 5) is 1.02. The van der Waals surface area contributed by atoms with Crippen LogP contribution in [0.15, 0.2) is 33.2 Å². The average molecular weight is 322 g/mol. The van der Waals surface area contributed by atoms with Crippen molar-refractivity contribution in [2.45, 2.75) is 16.6 Å². The van der Waals surface area contributed by atoms with Crippen LogP contribution in [0.3, 0.4) is 0 Å². The minimum Gasteiger partial charge on any atom is -0.206 e. The lowest BCUT2D eigenvalue weighted by Crippen LogP contribution is -2.25. The third kappa shape index (κ3) is 2.95. The zero-order valence-corrected chi connectivity index (χ0v) is 12.9. The average Bonchev–Trinajstić information content (AvgIpc) is 2.99. The Morgan fingerprint density at radius 1 is 1.39 bits per heavy atom. The van der Waals surface area contributed by atoms with Crippen LogP contribution in [0.2, 0.25) is 0 Å². The monoisotopic (exact) mass is 321 g/mol. The van der Waals surface area contributed by atoms with Crippen molar-refractivity contribution < 1.29 is 8.42 Å². The van der Waals surface area contributed by atoms with E-state index in [-0.39, 0.29) is 0 Å². The Morgan fingerprint density at radius 2 is 2.17 bits per heavy atom. The topological polar surface area (TPSA) is 37.4 Å². The van der Waals surface area contributed by atoms with E-state index in [4.69, 9.17) is 11.6 Å². The van der Waals surface area contributed by atoms with E-state index in [1.807, 2.05) is 17.5 Å². The molecule has 2 aromatic rings. The van der Waals surface area contributed by atoms with Gasteiger partial charge in [0.1, 0.15) is 4.21 Å². The molecule has 0 N–H and O–H groups in total. The summed E-state index contributed by atoms with van der Waals surface area (Å²) < 4.78 is 26.3. The number of sulfonamides is 1. The first kappa shape index (κ1) is 14.0. The summed E-state index contributed by atoms with van der Waals surface area (Å²) in [6.07, 6.45) is 0. The van der Waals surface area contributed by atoms with Gasteiger partial charge in [0.05, 0.1) is 0 Å². The maximum atomic E-state index is 12.3. The van der Waals surface area contributed by atoms with Gasteiger partial charge >= 0.3 is 0 Å². The molecule has 0 fully saturated rings. The van der Waals surface area contributed by atoms with Gasteiger partial charge in [-0.05, 0) is 28.5 Å². The van der Waals surface area contributed by atoms with E-state index in [1.54, 1.807) is 29.8 Å². The van der Waals surface area contributed by atoms with Crippen molar-refractivity contribution in [3.05, 3.63) is 39.4 Å². The Labute approximate surface area is 120 Å². The first-order valence-electron chi connectivity index (χ1n) is 5.16. The highest BCUT2D eigenvalue weighted by molar-refractivity contribution is 7.91. The highest BCUT2D eigenvalue weighted by atomic mass is 35.5. The van der Waals surface area contributed by atoms with E-state index >= 15 is 0 Å². The summed E-state index contributed by atoms with van der Waals surface area (Å²) in [5.74, 6) is 0.334. The molecule has 0 aromatic carbocycles. The van der Waals surface area contributed by atoms with Gasteiger partial charge in [-0.1, -0.05) is 6.07 Å². The van der Waals surface area contributed by atoms with Gasteiger partial charge in [0.2, 0.25) is 0 Å². The largest absolute Gasteiger partial charge is 0.252 e. The van der Waals surface area contributed by atoms with Crippen LogP contribution in [0.5, 0.6) is 0 Å². The van der Waals surface area contributed by atoms with Gasteiger partial charge in [-0.3, -0.25) is 0 Å². The highest BCUT2D eigenvalue weighted by Gasteiger charge is 2.23. The number of halogens is 1. The molecule has 0 unspecified atom stereocenters. The van der Waals surface area contributed by atoms with Crippen molar-refractivity contribution in [3.8, 4) is 0 Å². The summed E-state index contributed by atoms with van der Waals surface area (Å²) in [6.45, 7) is 0.397. The summed E-state index contributed by atoms with van der Waals surface area (Å²) in [5, 5.41) is 3.71. The molecular formula is C11H12ClNO2S3. The molecule has 3 nitrogen and oxygen atoms in total. The highest BCUT2D eigenvalue weighted by Crippen LogP contribution is 2.25. The normalized spacial score (nSPS) is 12.2. The fourth-order valence-electron chi connectivity index (χ4n) is 1.42. The molecule has 0 amide bonds. The smallest absolute Gasteiger partial charge is 0.206 e. The lowest BCUT2D eigenvalue weighted by atomic mass is 10.4. The van der Waals surface area contributed by atoms with E-state index < -0.39 is 10.0 Å². The van der Waals surface area contributed by atoms with E-state index in [1.165, 1.54) is 15.6 Å². The zero-order chi connectivity index (χ0) is 13.2. The summed E-state index contributed by atoms with van der Waals surface area (Å²) in [5.41, 5.74) is 0.838. The Kier molecular flexibility index (Phi) is 4.45. The van der Waals surface area contributed by atoms with Gasteiger partial charge in [0.15, 0.2) is 0 Å². The molecule has 2 aromatic heterocycles. The molecule has 0 saturated heterocycles. The molecule has 0 aliphatic heterocycles. The van der Waals surface area contributed by atoms with E-state index in [0.717, 1.165) is 10.4 Å². The molecule has 0 aliphatic rings. The van der Waals surface area contributed by atoms with Gasteiger partial charge in [0.25, 0.3) is 10.0 Å². The predicted octanol–water partition coefficient (Wildman–Crippen LogP) is 3.37. The van der Waals surface area contributed by atoms with E-state index in [9.17, 15) is 8.42 Å². The molecule has 18 heavy (non-hydrogen) atoms. The third-order valence-electron chi connectivity index (χ3n) is 2.41. The Morgan fingerprint density at radius 3 is 2.72 bits per heavy atom. The standard InChI is InChI=1S/C11H12ClNO2S3/c1-13(7-10-3-2-4-16-10)18(14,15)11-5-9(6-12)8-17-11/h2-5,8H,6-7H2,1H3. The van der Waals surface area contributed by atoms with Crippen molar-refractivity contribution in [3.63, 3.8) is 0 Å². The van der Waals surface area contributed by atoms with Gasteiger partial charge in [-0.25, -0.2) is 8.42 Å². The summed E-state index contributed by atoms with van der Waals surface area (Å²) in [6, 6.07) is 5.48. The number of hydrogen-bond donors (Lipinski definition) is 0. The Bertz CT molecular complexity index is 604. The van der Waals surface area contributed by atoms with Crippen LogP contribution in [0.4, 0.5) is 0 Å². The Balaban J connectivity index is 2.19. The van der Waals surface area contributed by atoms with Gasteiger partial charge in [-0.2, -0.15) is 4.31 Å². The second-order valence-electron chi connectivity index (χ2n) is 3.75. The SMILES string of the molecule is CN(Cc1cccs1)S(=O)(=O)c1cc(CCl)cs1. The molecule has 0 aliphatic carbocycles. The van der Waals surface area contributed by atoms with Gasteiger partial charge < -0.3 is 0 Å². The lowest BCUT2D eigenvalue weighted by molar-refractivity contribution is 0.471. The quantitative estimate of drug-likeness (QED) is 0.792. The molecular weight excluding hydrogens is 310 g/mol. The Hall–Kier alpha value is -0.400. The molecule has 0 saturated carbocycles. The molecule has 2 rings (SSSR count). The number of thiophene rings is 2. The predicted molar refractivity (Wildman–Crippen MR) is 76.8 cm³/mol. The van der Waals surface area contributed by atoms with Crippen molar-refractivity contribution in [2.24, 2.45) is 0 Å².